The van der Waals surface area contributed by atoms with Gasteiger partial charge in [0.05, 0.1) is 6.26 Å². The normalized spacial score (nSPS) is 18.8. The molecule has 0 radical (unpaired) electrons. The summed E-state index contributed by atoms with van der Waals surface area (Å²) >= 11 is 0. The standard InChI is InChI=1S/C19H23N3O3.ClH/c20-11-14-3-1-4-16(14)18(23)21-12-13-6-8-15(9-7-13)22-19(24)17-5-2-10-25-17;/h2,5-10,14,16H,1,3-4,11-12,20H2,(H,21,23)(H,22,24);1H/t14-,16-;/m1./s1. The Hall–Kier alpha value is -2.31. The van der Waals surface area contributed by atoms with Gasteiger partial charge < -0.3 is 20.8 Å². The molecule has 7 heteroatoms. The minimum Gasteiger partial charge on any atom is -0.459 e. The van der Waals surface area contributed by atoms with E-state index in [1.165, 1.54) is 6.26 Å². The molecule has 0 aliphatic heterocycles. The Morgan fingerprint density at radius 3 is 2.58 bits per heavy atom. The summed E-state index contributed by atoms with van der Waals surface area (Å²) in [6, 6.07) is 10.7. The van der Waals surface area contributed by atoms with Crippen LogP contribution in [0.1, 0.15) is 35.4 Å². The van der Waals surface area contributed by atoms with Crippen molar-refractivity contribution >= 4 is 29.9 Å². The molecule has 1 saturated carbocycles. The zero-order valence-corrected chi connectivity index (χ0v) is 15.3. The van der Waals surface area contributed by atoms with Crippen LogP contribution in [-0.2, 0) is 11.3 Å². The summed E-state index contributed by atoms with van der Waals surface area (Å²) in [4.78, 5) is 24.2. The van der Waals surface area contributed by atoms with E-state index in [1.807, 2.05) is 12.1 Å². The van der Waals surface area contributed by atoms with Crippen molar-refractivity contribution in [2.24, 2.45) is 17.6 Å². The molecule has 1 aromatic carbocycles. The smallest absolute Gasteiger partial charge is 0.291 e. The maximum Gasteiger partial charge on any atom is 0.291 e. The minimum atomic E-state index is -0.292. The number of carbonyl (C=O) groups excluding carboxylic acids is 2. The fourth-order valence-electron chi connectivity index (χ4n) is 3.29. The zero-order valence-electron chi connectivity index (χ0n) is 14.4. The van der Waals surface area contributed by atoms with Crippen molar-refractivity contribution in [2.45, 2.75) is 25.8 Å². The van der Waals surface area contributed by atoms with Gasteiger partial charge in [-0.05, 0) is 55.1 Å². The molecular formula is C19H24ClN3O3. The van der Waals surface area contributed by atoms with E-state index in [2.05, 4.69) is 10.6 Å². The molecule has 1 aromatic heterocycles. The predicted octanol–water partition coefficient (Wildman–Crippen LogP) is 2.94. The topological polar surface area (TPSA) is 97.4 Å². The number of benzene rings is 1. The lowest BCUT2D eigenvalue weighted by molar-refractivity contribution is -0.126. The molecule has 2 amide bonds. The van der Waals surface area contributed by atoms with Crippen LogP contribution in [0.5, 0.6) is 0 Å². The molecule has 0 spiro atoms. The van der Waals surface area contributed by atoms with Gasteiger partial charge in [0.2, 0.25) is 5.91 Å². The number of halogens is 1. The Morgan fingerprint density at radius 2 is 1.92 bits per heavy atom. The quantitative estimate of drug-likeness (QED) is 0.720. The Labute approximate surface area is 158 Å². The van der Waals surface area contributed by atoms with Gasteiger partial charge in [0, 0.05) is 18.2 Å². The Morgan fingerprint density at radius 1 is 1.15 bits per heavy atom. The van der Waals surface area contributed by atoms with E-state index in [-0.39, 0.29) is 35.9 Å². The van der Waals surface area contributed by atoms with Crippen molar-refractivity contribution in [3.05, 3.63) is 54.0 Å². The third kappa shape index (κ3) is 4.86. The lowest BCUT2D eigenvalue weighted by Gasteiger charge is -2.17. The van der Waals surface area contributed by atoms with Crippen LogP contribution in [0.2, 0.25) is 0 Å². The number of nitrogens with two attached hydrogens (primary N) is 1. The maximum atomic E-state index is 12.3. The zero-order chi connectivity index (χ0) is 17.6. The van der Waals surface area contributed by atoms with Crippen molar-refractivity contribution in [3.8, 4) is 0 Å². The summed E-state index contributed by atoms with van der Waals surface area (Å²) in [5, 5.41) is 5.75. The molecule has 2 aromatic rings. The first-order valence-corrected chi connectivity index (χ1v) is 8.59. The van der Waals surface area contributed by atoms with Gasteiger partial charge in [0.1, 0.15) is 0 Å². The second-order valence-electron chi connectivity index (χ2n) is 6.38. The Balaban J connectivity index is 0.00000243. The average molecular weight is 378 g/mol. The average Bonchev–Trinajstić information content (AvgIpc) is 3.32. The van der Waals surface area contributed by atoms with Crippen LogP contribution in [0.4, 0.5) is 5.69 Å². The molecule has 3 rings (SSSR count). The first kappa shape index (κ1) is 20.0. The first-order chi connectivity index (χ1) is 12.2. The summed E-state index contributed by atoms with van der Waals surface area (Å²) in [6.45, 7) is 1.04. The van der Waals surface area contributed by atoms with Crippen molar-refractivity contribution < 1.29 is 14.0 Å². The molecule has 2 atom stereocenters. The van der Waals surface area contributed by atoms with Crippen LogP contribution in [0.25, 0.3) is 0 Å². The molecule has 1 aliphatic carbocycles. The number of hydrogen-bond acceptors (Lipinski definition) is 4. The van der Waals surface area contributed by atoms with E-state index in [1.54, 1.807) is 24.3 Å². The number of rotatable bonds is 6. The fourth-order valence-corrected chi connectivity index (χ4v) is 3.29. The lowest BCUT2D eigenvalue weighted by atomic mass is 9.95. The molecule has 1 fully saturated rings. The monoisotopic (exact) mass is 377 g/mol. The van der Waals surface area contributed by atoms with Gasteiger partial charge in [-0.15, -0.1) is 12.4 Å². The largest absolute Gasteiger partial charge is 0.459 e. The van der Waals surface area contributed by atoms with Crippen LogP contribution >= 0.6 is 12.4 Å². The van der Waals surface area contributed by atoms with Gasteiger partial charge in [0.25, 0.3) is 5.91 Å². The molecular weight excluding hydrogens is 354 g/mol. The van der Waals surface area contributed by atoms with Crippen molar-refractivity contribution in [1.82, 2.24) is 5.32 Å². The highest BCUT2D eigenvalue weighted by Gasteiger charge is 2.31. The van der Waals surface area contributed by atoms with E-state index in [4.69, 9.17) is 10.2 Å². The summed E-state index contributed by atoms with van der Waals surface area (Å²) in [6.07, 6.45) is 4.49. The number of amides is 2. The molecule has 26 heavy (non-hydrogen) atoms. The summed E-state index contributed by atoms with van der Waals surface area (Å²) < 4.78 is 5.05. The molecule has 1 heterocycles. The van der Waals surface area contributed by atoms with Crippen molar-refractivity contribution in [2.75, 3.05) is 11.9 Å². The van der Waals surface area contributed by atoms with Crippen molar-refractivity contribution in [3.63, 3.8) is 0 Å². The number of hydrogen-bond donors (Lipinski definition) is 3. The van der Waals surface area contributed by atoms with Gasteiger partial charge in [-0.2, -0.15) is 0 Å². The number of furan rings is 1. The highest BCUT2D eigenvalue weighted by Crippen LogP contribution is 2.31. The summed E-state index contributed by atoms with van der Waals surface area (Å²) in [5.74, 6) is 0.404. The summed E-state index contributed by atoms with van der Waals surface area (Å²) in [7, 11) is 0. The van der Waals surface area contributed by atoms with E-state index in [0.717, 1.165) is 24.8 Å². The Kier molecular flexibility index (Phi) is 7.24. The maximum absolute atomic E-state index is 12.3. The number of carbonyl (C=O) groups is 2. The molecule has 6 nitrogen and oxygen atoms in total. The van der Waals surface area contributed by atoms with Crippen LogP contribution in [0.3, 0.4) is 0 Å². The minimum absolute atomic E-state index is 0. The molecule has 1 aliphatic rings. The number of anilines is 1. The SMILES string of the molecule is Cl.NC[C@H]1CCC[C@H]1C(=O)NCc1ccc(NC(=O)c2ccco2)cc1. The van der Waals surface area contributed by atoms with Gasteiger partial charge in [-0.25, -0.2) is 0 Å². The van der Waals surface area contributed by atoms with Crippen LogP contribution in [0, 0.1) is 11.8 Å². The summed E-state index contributed by atoms with van der Waals surface area (Å²) in [5.41, 5.74) is 7.39. The molecule has 0 saturated heterocycles. The van der Waals surface area contributed by atoms with Gasteiger partial charge in [0.15, 0.2) is 5.76 Å². The van der Waals surface area contributed by atoms with E-state index in [0.29, 0.717) is 24.7 Å². The van der Waals surface area contributed by atoms with Gasteiger partial charge in [-0.1, -0.05) is 18.6 Å². The van der Waals surface area contributed by atoms with Gasteiger partial charge >= 0.3 is 0 Å². The molecule has 4 N–H and O–H groups in total. The third-order valence-corrected chi connectivity index (χ3v) is 4.72. The first-order valence-electron chi connectivity index (χ1n) is 8.59. The van der Waals surface area contributed by atoms with Gasteiger partial charge in [-0.3, -0.25) is 9.59 Å². The Bertz CT molecular complexity index is 716. The molecule has 0 unspecified atom stereocenters. The lowest BCUT2D eigenvalue weighted by Crippen LogP contribution is -2.34. The highest BCUT2D eigenvalue weighted by atomic mass is 35.5. The molecule has 0 bridgehead atoms. The third-order valence-electron chi connectivity index (χ3n) is 4.72. The van der Waals surface area contributed by atoms with E-state index < -0.39 is 0 Å². The van der Waals surface area contributed by atoms with E-state index >= 15 is 0 Å². The van der Waals surface area contributed by atoms with Crippen LogP contribution in [-0.4, -0.2) is 18.4 Å². The number of nitrogens with one attached hydrogen (secondary N) is 2. The predicted molar refractivity (Wildman–Crippen MR) is 102 cm³/mol. The second-order valence-corrected chi connectivity index (χ2v) is 6.38. The van der Waals surface area contributed by atoms with E-state index in [9.17, 15) is 9.59 Å². The second kappa shape index (κ2) is 9.40. The highest BCUT2D eigenvalue weighted by molar-refractivity contribution is 6.02. The molecule has 140 valence electrons. The van der Waals surface area contributed by atoms with Crippen LogP contribution in [0.15, 0.2) is 47.1 Å². The fraction of sp³-hybridized carbons (Fsp3) is 0.368. The van der Waals surface area contributed by atoms with Crippen molar-refractivity contribution in [1.29, 1.82) is 0 Å². The van der Waals surface area contributed by atoms with Crippen LogP contribution < -0.4 is 16.4 Å².